The molecule has 0 amide bonds. The lowest BCUT2D eigenvalue weighted by Gasteiger charge is -2.15. The molecule has 0 unspecified atom stereocenters. The van der Waals surface area contributed by atoms with Crippen LogP contribution >= 0.6 is 11.6 Å². The summed E-state index contributed by atoms with van der Waals surface area (Å²) in [4.78, 5) is 50.0. The number of carbonyl (C=O) groups excluding carboxylic acids is 2. The van der Waals surface area contributed by atoms with Crippen molar-refractivity contribution < 1.29 is 19.1 Å². The first-order chi connectivity index (χ1) is 16.7. The molecule has 0 bridgehead atoms. The maximum Gasteiger partial charge on any atom is 0.332 e. The second kappa shape index (κ2) is 11.5. The van der Waals surface area contributed by atoms with Crippen LogP contribution in [0.1, 0.15) is 34.3 Å². The largest absolute Gasteiger partial charge is 0.493 e. The van der Waals surface area contributed by atoms with E-state index in [1.165, 1.54) is 7.05 Å². The number of esters is 1. The number of nitrogen functional groups attached to an aromatic ring is 1. The average molecular weight is 500 g/mol. The molecule has 0 aliphatic rings. The van der Waals surface area contributed by atoms with Crippen LogP contribution in [0.15, 0.2) is 58.1 Å². The molecule has 0 fully saturated rings. The van der Waals surface area contributed by atoms with Crippen LogP contribution in [-0.4, -0.2) is 34.1 Å². The number of Topliss-reactive ketones (excluding diaryl/α,β-unsaturated/α-hetero) is 1. The van der Waals surface area contributed by atoms with Gasteiger partial charge in [0.1, 0.15) is 17.1 Å². The molecule has 184 valence electrons. The third kappa shape index (κ3) is 6.39. The highest BCUT2D eigenvalue weighted by Crippen LogP contribution is 2.22. The van der Waals surface area contributed by atoms with E-state index in [-0.39, 0.29) is 25.4 Å². The Labute approximate surface area is 206 Å². The van der Waals surface area contributed by atoms with Gasteiger partial charge in [-0.3, -0.25) is 23.5 Å². The van der Waals surface area contributed by atoms with Crippen LogP contribution in [0.25, 0.3) is 0 Å². The van der Waals surface area contributed by atoms with Crippen LogP contribution in [0.3, 0.4) is 0 Å². The highest BCUT2D eigenvalue weighted by Gasteiger charge is 2.22. The molecule has 0 spiro atoms. The van der Waals surface area contributed by atoms with Crippen LogP contribution in [0.5, 0.6) is 5.75 Å². The molecule has 3 aromatic rings. The zero-order chi connectivity index (χ0) is 25.5. The molecule has 3 rings (SSSR count). The SMILES string of the molecule is Cc1cc(Cl)ccc1OCCCC(=O)OCC(=O)c1c(N)n(Cc2ccccc2)c(=O)n(C)c1=O. The topological polar surface area (TPSA) is 123 Å². The standard InChI is InChI=1S/C25H26ClN3O6/c1-16-13-18(26)10-11-20(16)34-12-6-9-21(31)35-15-19(30)22-23(27)29(25(33)28(2)24(22)32)14-17-7-4-3-5-8-17/h3-5,7-8,10-11,13H,6,9,12,14-15,27H2,1-2H3. The van der Waals surface area contributed by atoms with Gasteiger partial charge in [-0.15, -0.1) is 0 Å². The number of nitrogens with zero attached hydrogens (tertiary/aromatic N) is 2. The molecular formula is C25H26ClN3O6. The Morgan fingerprint density at radius 2 is 1.80 bits per heavy atom. The Morgan fingerprint density at radius 1 is 1.09 bits per heavy atom. The van der Waals surface area contributed by atoms with Crippen molar-refractivity contribution in [1.82, 2.24) is 9.13 Å². The van der Waals surface area contributed by atoms with E-state index in [1.54, 1.807) is 42.5 Å². The Balaban J connectivity index is 1.60. The van der Waals surface area contributed by atoms with Crippen molar-refractivity contribution in [2.24, 2.45) is 7.05 Å². The van der Waals surface area contributed by atoms with Gasteiger partial charge < -0.3 is 15.2 Å². The zero-order valence-electron chi connectivity index (χ0n) is 19.5. The fourth-order valence-electron chi connectivity index (χ4n) is 3.43. The van der Waals surface area contributed by atoms with E-state index in [1.807, 2.05) is 13.0 Å². The van der Waals surface area contributed by atoms with Gasteiger partial charge in [0.15, 0.2) is 6.61 Å². The number of rotatable bonds is 10. The number of halogens is 1. The van der Waals surface area contributed by atoms with E-state index in [0.29, 0.717) is 17.2 Å². The molecule has 0 saturated heterocycles. The van der Waals surface area contributed by atoms with Gasteiger partial charge in [0.05, 0.1) is 13.2 Å². The first kappa shape index (κ1) is 25.8. The van der Waals surface area contributed by atoms with Crippen molar-refractivity contribution in [3.05, 3.63) is 91.1 Å². The predicted octanol–water partition coefficient (Wildman–Crippen LogP) is 2.72. The lowest BCUT2D eigenvalue weighted by atomic mass is 10.2. The molecular weight excluding hydrogens is 474 g/mol. The number of benzene rings is 2. The van der Waals surface area contributed by atoms with Crippen LogP contribution in [-0.2, 0) is 23.1 Å². The summed E-state index contributed by atoms with van der Waals surface area (Å²) in [6, 6.07) is 14.2. The third-order valence-electron chi connectivity index (χ3n) is 5.33. The normalized spacial score (nSPS) is 10.7. The van der Waals surface area contributed by atoms with Gasteiger partial charge >= 0.3 is 11.7 Å². The smallest absolute Gasteiger partial charge is 0.332 e. The number of carbonyl (C=O) groups is 2. The van der Waals surface area contributed by atoms with E-state index < -0.39 is 35.2 Å². The van der Waals surface area contributed by atoms with E-state index in [4.69, 9.17) is 26.8 Å². The number of nitrogens with two attached hydrogens (primary N) is 1. The summed E-state index contributed by atoms with van der Waals surface area (Å²) in [7, 11) is 1.26. The number of ketones is 1. The van der Waals surface area contributed by atoms with Gasteiger partial charge in [0.2, 0.25) is 5.78 Å². The molecule has 1 aromatic heterocycles. The van der Waals surface area contributed by atoms with Crippen LogP contribution < -0.4 is 21.7 Å². The molecule has 2 aromatic carbocycles. The van der Waals surface area contributed by atoms with Crippen molar-refractivity contribution in [2.45, 2.75) is 26.3 Å². The van der Waals surface area contributed by atoms with Gasteiger partial charge in [0, 0.05) is 18.5 Å². The number of hydrogen-bond acceptors (Lipinski definition) is 7. The molecule has 1 heterocycles. The Morgan fingerprint density at radius 3 is 2.49 bits per heavy atom. The number of hydrogen-bond donors (Lipinski definition) is 1. The van der Waals surface area contributed by atoms with Crippen molar-refractivity contribution in [1.29, 1.82) is 0 Å². The molecule has 2 N–H and O–H groups in total. The summed E-state index contributed by atoms with van der Waals surface area (Å²) >= 11 is 5.92. The monoisotopic (exact) mass is 499 g/mol. The molecule has 0 atom stereocenters. The van der Waals surface area contributed by atoms with E-state index in [9.17, 15) is 19.2 Å². The van der Waals surface area contributed by atoms with E-state index in [0.717, 1.165) is 20.3 Å². The Hall–Kier alpha value is -3.85. The first-order valence-corrected chi connectivity index (χ1v) is 11.3. The fraction of sp³-hybridized carbons (Fsp3) is 0.280. The molecule has 0 aliphatic carbocycles. The maximum absolute atomic E-state index is 12.7. The average Bonchev–Trinajstić information content (AvgIpc) is 2.83. The first-order valence-electron chi connectivity index (χ1n) is 10.9. The van der Waals surface area contributed by atoms with Crippen molar-refractivity contribution in [3.63, 3.8) is 0 Å². The number of aromatic nitrogens is 2. The van der Waals surface area contributed by atoms with Gasteiger partial charge in [-0.1, -0.05) is 41.9 Å². The highest BCUT2D eigenvalue weighted by molar-refractivity contribution is 6.30. The van der Waals surface area contributed by atoms with Crippen LogP contribution in [0.4, 0.5) is 5.82 Å². The van der Waals surface area contributed by atoms with Gasteiger partial charge in [-0.05, 0) is 42.7 Å². The number of aryl methyl sites for hydroxylation is 1. The summed E-state index contributed by atoms with van der Waals surface area (Å²) in [6.07, 6.45) is 0.377. The fourth-order valence-corrected chi connectivity index (χ4v) is 3.65. The Bertz CT molecular complexity index is 1350. The highest BCUT2D eigenvalue weighted by atomic mass is 35.5. The number of anilines is 1. The minimum atomic E-state index is -0.843. The number of ether oxygens (including phenoxy) is 2. The van der Waals surface area contributed by atoms with Gasteiger partial charge in [0.25, 0.3) is 5.56 Å². The summed E-state index contributed by atoms with van der Waals surface area (Å²) in [5, 5.41) is 0.606. The van der Waals surface area contributed by atoms with Crippen LogP contribution in [0.2, 0.25) is 5.02 Å². The summed E-state index contributed by atoms with van der Waals surface area (Å²) in [5.74, 6) is -1.02. The summed E-state index contributed by atoms with van der Waals surface area (Å²) < 4.78 is 12.6. The third-order valence-corrected chi connectivity index (χ3v) is 5.56. The summed E-state index contributed by atoms with van der Waals surface area (Å²) in [5.41, 5.74) is 5.80. The van der Waals surface area contributed by atoms with Gasteiger partial charge in [-0.25, -0.2) is 4.79 Å². The minimum Gasteiger partial charge on any atom is -0.493 e. The van der Waals surface area contributed by atoms with Crippen molar-refractivity contribution in [3.8, 4) is 5.75 Å². The van der Waals surface area contributed by atoms with Crippen molar-refractivity contribution >= 4 is 29.2 Å². The maximum atomic E-state index is 12.7. The molecule has 9 nitrogen and oxygen atoms in total. The predicted molar refractivity (Wildman–Crippen MR) is 132 cm³/mol. The van der Waals surface area contributed by atoms with Crippen LogP contribution in [0, 0.1) is 6.92 Å². The van der Waals surface area contributed by atoms with Gasteiger partial charge in [-0.2, -0.15) is 0 Å². The molecule has 0 aliphatic heterocycles. The quantitative estimate of drug-likeness (QED) is 0.258. The lowest BCUT2D eigenvalue weighted by Crippen LogP contribution is -2.43. The van der Waals surface area contributed by atoms with E-state index in [2.05, 4.69) is 0 Å². The second-order valence-electron chi connectivity index (χ2n) is 7.92. The molecule has 10 heteroatoms. The molecule has 0 radical (unpaired) electrons. The van der Waals surface area contributed by atoms with E-state index >= 15 is 0 Å². The molecule has 35 heavy (non-hydrogen) atoms. The summed E-state index contributed by atoms with van der Waals surface area (Å²) in [6.45, 7) is 1.54. The zero-order valence-corrected chi connectivity index (χ0v) is 20.2. The van der Waals surface area contributed by atoms with Crippen molar-refractivity contribution in [2.75, 3.05) is 18.9 Å². The minimum absolute atomic E-state index is 0.0148. The second-order valence-corrected chi connectivity index (χ2v) is 8.36. The lowest BCUT2D eigenvalue weighted by molar-refractivity contribution is -0.142. The Kier molecular flexibility index (Phi) is 8.48. The molecule has 0 saturated carbocycles.